The van der Waals surface area contributed by atoms with Gasteiger partial charge in [-0.25, -0.2) is 12.8 Å². The van der Waals surface area contributed by atoms with Crippen molar-refractivity contribution in [2.75, 3.05) is 19.3 Å². The van der Waals surface area contributed by atoms with E-state index in [4.69, 9.17) is 0 Å². The molecule has 1 aromatic carbocycles. The summed E-state index contributed by atoms with van der Waals surface area (Å²) in [4.78, 5) is 14.0. The average molecular weight is 313 g/mol. The second kappa shape index (κ2) is 6.13. The van der Waals surface area contributed by atoms with Gasteiger partial charge in [0.1, 0.15) is 15.7 Å². The van der Waals surface area contributed by atoms with E-state index in [1.54, 1.807) is 17.9 Å². The Labute approximate surface area is 124 Å². The topological polar surface area (TPSA) is 54.5 Å². The molecule has 2 rings (SSSR count). The first-order valence-corrected chi connectivity index (χ1v) is 8.99. The third kappa shape index (κ3) is 3.81. The summed E-state index contributed by atoms with van der Waals surface area (Å²) in [7, 11) is -3.09. The predicted octanol–water partition coefficient (Wildman–Crippen LogP) is 2.17. The largest absolute Gasteiger partial charge is 0.339 e. The molecule has 1 unspecified atom stereocenters. The summed E-state index contributed by atoms with van der Waals surface area (Å²) in [5.41, 5.74) is 0.886. The molecule has 4 nitrogen and oxygen atoms in total. The maximum Gasteiger partial charge on any atom is 0.256 e. The lowest BCUT2D eigenvalue weighted by Gasteiger charge is -2.21. The Morgan fingerprint density at radius 1 is 1.29 bits per heavy atom. The van der Waals surface area contributed by atoms with Crippen LogP contribution in [0.15, 0.2) is 18.2 Å². The average Bonchev–Trinajstić information content (AvgIpc) is 2.66. The first-order valence-electron chi connectivity index (χ1n) is 7.03. The van der Waals surface area contributed by atoms with Crippen molar-refractivity contribution in [3.63, 3.8) is 0 Å². The number of rotatable bonds is 2. The van der Waals surface area contributed by atoms with Crippen molar-refractivity contribution in [1.29, 1.82) is 0 Å². The van der Waals surface area contributed by atoms with E-state index in [0.29, 0.717) is 32.4 Å². The zero-order chi connectivity index (χ0) is 15.6. The molecule has 116 valence electrons. The van der Waals surface area contributed by atoms with Gasteiger partial charge in [-0.1, -0.05) is 11.6 Å². The maximum absolute atomic E-state index is 13.8. The van der Waals surface area contributed by atoms with Crippen molar-refractivity contribution in [3.05, 3.63) is 35.1 Å². The van der Waals surface area contributed by atoms with Gasteiger partial charge in [0, 0.05) is 19.3 Å². The Hall–Kier alpha value is -1.43. The van der Waals surface area contributed by atoms with E-state index in [1.165, 1.54) is 18.4 Å². The summed E-state index contributed by atoms with van der Waals surface area (Å²) in [6, 6.07) is 4.45. The number of carbonyl (C=O) groups excluding carboxylic acids is 1. The third-order valence-corrected chi connectivity index (χ3v) is 5.60. The molecule has 0 aliphatic carbocycles. The van der Waals surface area contributed by atoms with Crippen LogP contribution in [0.3, 0.4) is 0 Å². The van der Waals surface area contributed by atoms with E-state index in [9.17, 15) is 17.6 Å². The molecule has 0 aromatic heterocycles. The molecule has 21 heavy (non-hydrogen) atoms. The minimum absolute atomic E-state index is 0.0628. The highest BCUT2D eigenvalue weighted by molar-refractivity contribution is 7.91. The molecule has 0 spiro atoms. The fraction of sp³-hybridized carbons (Fsp3) is 0.533. The van der Waals surface area contributed by atoms with E-state index in [0.717, 1.165) is 5.56 Å². The van der Waals surface area contributed by atoms with Gasteiger partial charge in [-0.05, 0) is 38.3 Å². The molecule has 0 N–H and O–H groups in total. The first-order chi connectivity index (χ1) is 9.79. The second-order valence-corrected chi connectivity index (χ2v) is 7.98. The molecule has 1 heterocycles. The van der Waals surface area contributed by atoms with E-state index >= 15 is 0 Å². The highest BCUT2D eigenvalue weighted by Gasteiger charge is 2.27. The molecule has 1 fully saturated rings. The minimum atomic E-state index is -3.09. The number of nitrogens with zero attached hydrogens (tertiary/aromatic N) is 1. The number of carbonyl (C=O) groups is 1. The van der Waals surface area contributed by atoms with Crippen molar-refractivity contribution < 1.29 is 17.6 Å². The lowest BCUT2D eigenvalue weighted by atomic mass is 10.1. The highest BCUT2D eigenvalue weighted by atomic mass is 32.2. The van der Waals surface area contributed by atoms with Gasteiger partial charge in [-0.2, -0.15) is 0 Å². The van der Waals surface area contributed by atoms with Gasteiger partial charge >= 0.3 is 0 Å². The molecule has 0 saturated carbocycles. The van der Waals surface area contributed by atoms with E-state index < -0.39 is 20.9 Å². The van der Waals surface area contributed by atoms with Gasteiger partial charge < -0.3 is 4.90 Å². The number of aryl methyl sites for hydroxylation is 1. The third-order valence-electron chi connectivity index (χ3n) is 3.92. The normalized spacial score (nSPS) is 20.1. The molecule has 1 amide bonds. The van der Waals surface area contributed by atoms with Crippen LogP contribution >= 0.6 is 0 Å². The van der Waals surface area contributed by atoms with Gasteiger partial charge in [0.15, 0.2) is 0 Å². The minimum Gasteiger partial charge on any atom is -0.339 e. The quantitative estimate of drug-likeness (QED) is 0.841. The summed E-state index contributed by atoms with van der Waals surface area (Å²) >= 11 is 0. The standard InChI is InChI=1S/C15H20FNO3S/c1-11-5-6-14(16)13(10-11)15(18)17-8-3-4-12(7-9-17)21(2,19)20/h5-6,10,12H,3-4,7-9H2,1-2H3. The SMILES string of the molecule is Cc1ccc(F)c(C(=O)N2CCCC(S(C)(=O)=O)CC2)c1. The van der Waals surface area contributed by atoms with Crippen molar-refractivity contribution >= 4 is 15.7 Å². The fourth-order valence-electron chi connectivity index (χ4n) is 2.67. The molecular formula is C15H20FNO3S. The van der Waals surface area contributed by atoms with Crippen molar-refractivity contribution in [2.45, 2.75) is 31.4 Å². The second-order valence-electron chi connectivity index (χ2n) is 5.66. The monoisotopic (exact) mass is 313 g/mol. The number of likely N-dealkylation sites (tertiary alicyclic amines) is 1. The number of benzene rings is 1. The van der Waals surface area contributed by atoms with Crippen LogP contribution in [0.2, 0.25) is 0 Å². The van der Waals surface area contributed by atoms with Crippen molar-refractivity contribution in [1.82, 2.24) is 4.90 Å². The predicted molar refractivity (Wildman–Crippen MR) is 79.5 cm³/mol. The molecule has 0 bridgehead atoms. The van der Waals surface area contributed by atoms with Crippen LogP contribution in [0.25, 0.3) is 0 Å². The molecule has 1 aliphatic heterocycles. The molecule has 1 aliphatic rings. The number of sulfone groups is 1. The van der Waals surface area contributed by atoms with Gasteiger partial charge in [0.2, 0.25) is 0 Å². The Kier molecular flexibility index (Phi) is 4.66. The first kappa shape index (κ1) is 15.9. The molecule has 0 radical (unpaired) electrons. The van der Waals surface area contributed by atoms with Crippen LogP contribution in [0.4, 0.5) is 4.39 Å². The number of hydrogen-bond acceptors (Lipinski definition) is 3. The van der Waals surface area contributed by atoms with Crippen molar-refractivity contribution in [2.24, 2.45) is 0 Å². The van der Waals surface area contributed by atoms with Crippen LogP contribution in [-0.4, -0.2) is 43.8 Å². The smallest absolute Gasteiger partial charge is 0.256 e. The van der Waals surface area contributed by atoms with Crippen LogP contribution in [0.5, 0.6) is 0 Å². The number of hydrogen-bond donors (Lipinski definition) is 0. The maximum atomic E-state index is 13.8. The Morgan fingerprint density at radius 2 is 2.00 bits per heavy atom. The number of amides is 1. The van der Waals surface area contributed by atoms with Crippen LogP contribution in [0, 0.1) is 12.7 Å². The number of halogens is 1. The molecule has 1 atom stereocenters. The molecule has 6 heteroatoms. The van der Waals surface area contributed by atoms with Crippen molar-refractivity contribution in [3.8, 4) is 0 Å². The molecular weight excluding hydrogens is 293 g/mol. The Bertz CT molecular complexity index is 642. The summed E-state index contributed by atoms with van der Waals surface area (Å²) in [5.74, 6) is -0.889. The molecule has 1 saturated heterocycles. The fourth-order valence-corrected chi connectivity index (χ4v) is 3.80. The van der Waals surface area contributed by atoms with Gasteiger partial charge in [-0.3, -0.25) is 4.79 Å². The van der Waals surface area contributed by atoms with Crippen LogP contribution < -0.4 is 0 Å². The zero-order valence-corrected chi connectivity index (χ0v) is 13.1. The summed E-state index contributed by atoms with van der Waals surface area (Å²) in [5, 5.41) is -0.405. The van der Waals surface area contributed by atoms with Gasteiger partial charge in [0.25, 0.3) is 5.91 Å². The summed E-state index contributed by atoms with van der Waals surface area (Å²) in [6.45, 7) is 2.63. The van der Waals surface area contributed by atoms with E-state index in [1.807, 2.05) is 0 Å². The lowest BCUT2D eigenvalue weighted by molar-refractivity contribution is 0.0757. The van der Waals surface area contributed by atoms with Crippen LogP contribution in [0.1, 0.15) is 35.2 Å². The van der Waals surface area contributed by atoms with Crippen LogP contribution in [-0.2, 0) is 9.84 Å². The van der Waals surface area contributed by atoms with Gasteiger partial charge in [0.05, 0.1) is 10.8 Å². The van der Waals surface area contributed by atoms with Gasteiger partial charge in [-0.15, -0.1) is 0 Å². The Morgan fingerprint density at radius 3 is 2.67 bits per heavy atom. The summed E-state index contributed by atoms with van der Waals surface area (Å²) < 4.78 is 37.0. The zero-order valence-electron chi connectivity index (χ0n) is 12.3. The Balaban J connectivity index is 2.15. The summed E-state index contributed by atoms with van der Waals surface area (Å²) in [6.07, 6.45) is 2.82. The van der Waals surface area contributed by atoms with E-state index in [-0.39, 0.29) is 11.5 Å². The lowest BCUT2D eigenvalue weighted by Crippen LogP contribution is -2.33. The van der Waals surface area contributed by atoms with E-state index in [2.05, 4.69) is 0 Å². The molecule has 1 aromatic rings. The highest BCUT2D eigenvalue weighted by Crippen LogP contribution is 2.20.